The summed E-state index contributed by atoms with van der Waals surface area (Å²) in [5, 5.41) is 41.9. The third-order valence-electron chi connectivity index (χ3n) is 13.2. The van der Waals surface area contributed by atoms with Crippen LogP contribution in [0.1, 0.15) is 86.0 Å². The highest BCUT2D eigenvalue weighted by Crippen LogP contribution is 2.64. The highest BCUT2D eigenvalue weighted by Gasteiger charge is 2.78. The molecule has 15 nitrogen and oxygen atoms in total. The van der Waals surface area contributed by atoms with Gasteiger partial charge >= 0.3 is 23.9 Å². The van der Waals surface area contributed by atoms with Crippen LogP contribution in [-0.2, 0) is 42.9 Å². The minimum Gasteiger partial charge on any atom is -0.456 e. The molecule has 4 aliphatic rings. The fraction of sp³-hybridized carbons (Fsp3) is 0.467. The normalized spacial score (nSPS) is 32.2. The fourth-order valence-corrected chi connectivity index (χ4v) is 10.6. The summed E-state index contributed by atoms with van der Waals surface area (Å²) >= 11 is 1.16. The molecule has 1 unspecified atom stereocenters. The monoisotopic (exact) mass is 859 g/mol. The Morgan fingerprint density at radius 2 is 1.56 bits per heavy atom. The van der Waals surface area contributed by atoms with Crippen molar-refractivity contribution in [1.29, 1.82) is 0 Å². The van der Waals surface area contributed by atoms with Crippen LogP contribution in [0.3, 0.4) is 0 Å². The molecule has 2 aromatic carbocycles. The van der Waals surface area contributed by atoms with Crippen molar-refractivity contribution >= 4 is 46.9 Å². The quantitative estimate of drug-likeness (QED) is 0.130. The number of esters is 4. The number of ketones is 1. The van der Waals surface area contributed by atoms with Gasteiger partial charge in [-0.05, 0) is 54.1 Å². The minimum absolute atomic E-state index is 0.000464. The first-order valence-electron chi connectivity index (χ1n) is 20.0. The molecule has 2 heterocycles. The lowest BCUT2D eigenvalue weighted by atomic mass is 9.44. The van der Waals surface area contributed by atoms with E-state index < -0.39 is 113 Å². The van der Waals surface area contributed by atoms with Crippen LogP contribution in [0.15, 0.2) is 89.3 Å². The fourth-order valence-electron chi connectivity index (χ4n) is 9.99. The van der Waals surface area contributed by atoms with Gasteiger partial charge in [0, 0.05) is 32.1 Å². The van der Waals surface area contributed by atoms with Crippen LogP contribution in [0.5, 0.6) is 0 Å². The number of nitrogens with one attached hydrogen (secondary N) is 1. The Morgan fingerprint density at radius 3 is 2.13 bits per heavy atom. The first-order chi connectivity index (χ1) is 28.8. The number of rotatable bonds is 10. The average Bonchev–Trinajstić information content (AvgIpc) is 3.77. The van der Waals surface area contributed by atoms with E-state index in [-0.39, 0.29) is 29.7 Å². The highest BCUT2D eigenvalue weighted by atomic mass is 32.1. The summed E-state index contributed by atoms with van der Waals surface area (Å²) in [7, 11) is 0. The first-order valence-corrected chi connectivity index (χ1v) is 20.8. The maximum Gasteiger partial charge on any atom is 0.338 e. The van der Waals surface area contributed by atoms with Crippen LogP contribution in [0, 0.1) is 16.7 Å². The van der Waals surface area contributed by atoms with E-state index in [1.165, 1.54) is 26.0 Å². The summed E-state index contributed by atoms with van der Waals surface area (Å²) in [4.78, 5) is 83.5. The number of thiophene rings is 1. The molecule has 1 amide bonds. The van der Waals surface area contributed by atoms with E-state index >= 15 is 4.79 Å². The third-order valence-corrected chi connectivity index (χ3v) is 14.1. The molecule has 1 aliphatic heterocycles. The zero-order valence-electron chi connectivity index (χ0n) is 34.5. The lowest BCUT2D eigenvalue weighted by Crippen LogP contribution is -2.82. The number of benzene rings is 2. The minimum atomic E-state index is -2.39. The van der Waals surface area contributed by atoms with Crippen LogP contribution in [0.4, 0.5) is 0 Å². The molecule has 1 saturated heterocycles. The number of aliphatic hydroxyl groups is 3. The largest absolute Gasteiger partial charge is 0.456 e. The second-order valence-corrected chi connectivity index (χ2v) is 17.9. The molecule has 61 heavy (non-hydrogen) atoms. The van der Waals surface area contributed by atoms with Crippen molar-refractivity contribution < 1.29 is 67.8 Å². The summed E-state index contributed by atoms with van der Waals surface area (Å²) in [6.45, 7) is 7.98. The predicted molar refractivity (Wildman–Crippen MR) is 216 cm³/mol. The number of hydrogen-bond donors (Lipinski definition) is 4. The molecule has 2 saturated carbocycles. The van der Waals surface area contributed by atoms with E-state index in [1.807, 2.05) is 0 Å². The van der Waals surface area contributed by atoms with E-state index in [0.29, 0.717) is 10.4 Å². The van der Waals surface area contributed by atoms with Gasteiger partial charge in [0.15, 0.2) is 23.6 Å². The van der Waals surface area contributed by atoms with Gasteiger partial charge in [-0.1, -0.05) is 68.4 Å². The summed E-state index contributed by atoms with van der Waals surface area (Å²) in [5.74, 6) is -6.79. The number of aliphatic hydroxyl groups excluding tert-OH is 2. The van der Waals surface area contributed by atoms with Gasteiger partial charge in [0.1, 0.15) is 23.9 Å². The molecule has 11 atom stereocenters. The summed E-state index contributed by atoms with van der Waals surface area (Å²) in [5.41, 5.74) is -7.24. The third kappa shape index (κ3) is 7.27. The highest BCUT2D eigenvalue weighted by molar-refractivity contribution is 7.12. The summed E-state index contributed by atoms with van der Waals surface area (Å²) < 4.78 is 30.2. The van der Waals surface area contributed by atoms with E-state index in [4.69, 9.17) is 23.7 Å². The van der Waals surface area contributed by atoms with Gasteiger partial charge in [0.2, 0.25) is 0 Å². The van der Waals surface area contributed by atoms with Gasteiger partial charge in [-0.15, -0.1) is 11.3 Å². The Hall–Kier alpha value is -5.26. The summed E-state index contributed by atoms with van der Waals surface area (Å²) in [6, 6.07) is 18.1. The average molecular weight is 860 g/mol. The maximum absolute atomic E-state index is 15.5. The molecular weight excluding hydrogens is 811 g/mol. The Labute approximate surface area is 356 Å². The molecule has 4 N–H and O–H groups in total. The first kappa shape index (κ1) is 43.8. The summed E-state index contributed by atoms with van der Waals surface area (Å²) in [6.07, 6.45) is -10.5. The number of carbonyl (C=O) groups excluding carboxylic acids is 6. The van der Waals surface area contributed by atoms with Crippen molar-refractivity contribution in [1.82, 2.24) is 5.32 Å². The molecule has 3 aromatic rings. The number of ether oxygens (including phenoxy) is 5. The van der Waals surface area contributed by atoms with Crippen molar-refractivity contribution in [2.45, 2.75) is 108 Å². The van der Waals surface area contributed by atoms with Crippen LogP contribution in [0.25, 0.3) is 0 Å². The molecule has 1 aromatic heterocycles. The molecule has 16 heteroatoms. The van der Waals surface area contributed by atoms with Gasteiger partial charge in [0.05, 0.1) is 40.5 Å². The smallest absolute Gasteiger partial charge is 0.338 e. The van der Waals surface area contributed by atoms with Crippen molar-refractivity contribution in [3.05, 3.63) is 105 Å². The lowest BCUT2D eigenvalue weighted by molar-refractivity contribution is -0.346. The van der Waals surface area contributed by atoms with Gasteiger partial charge in [-0.2, -0.15) is 0 Å². The molecule has 7 rings (SSSR count). The molecule has 324 valence electrons. The van der Waals surface area contributed by atoms with Gasteiger partial charge in [-0.25, -0.2) is 9.59 Å². The molecule has 3 aliphatic carbocycles. The van der Waals surface area contributed by atoms with Crippen molar-refractivity contribution in [3.8, 4) is 0 Å². The van der Waals surface area contributed by atoms with E-state index in [1.54, 1.807) is 79.9 Å². The van der Waals surface area contributed by atoms with E-state index in [9.17, 15) is 39.3 Å². The van der Waals surface area contributed by atoms with Crippen LogP contribution in [0.2, 0.25) is 0 Å². The molecule has 3 fully saturated rings. The molecule has 2 bridgehead atoms. The van der Waals surface area contributed by atoms with E-state index in [2.05, 4.69) is 5.32 Å². The zero-order valence-corrected chi connectivity index (χ0v) is 35.3. The Morgan fingerprint density at radius 1 is 0.902 bits per heavy atom. The Bertz CT molecular complexity index is 2240. The Kier molecular flexibility index (Phi) is 11.6. The number of fused-ring (bicyclic) bond motifs is 5. The molecular formula is C45H49NO14S. The SMILES string of the molecule is CC(=O)O[C@H]1C(=O)[C@@]2(C)[C@H]([C@H](OC(=O)c3ccccc3)[C@]3(O)C[C@H](OC(=O)[C@H](O)C(NC(=O)c4cccs4)c4ccccc4)C(C)=C1C3(C)C)[C@]1(OC(C)=O)CO[C@@H]1C[C@@H]2O. The van der Waals surface area contributed by atoms with E-state index in [0.717, 1.165) is 25.2 Å². The van der Waals surface area contributed by atoms with Crippen LogP contribution in [-0.4, -0.2) is 105 Å². The standard InChI is InChI=1S/C45H49NO14S/c1-23-28(58-41(54)34(50)33(26-14-9-7-10-15-26)46-39(52)29-18-13-19-61-29)21-45(55)38(59-40(53)27-16-11-8-12-17-27)36-43(6,30(49)20-31-44(36,22-56-31)60-25(3)48)37(51)35(57-24(2)47)32(23)42(45,4)5/h7-19,28,30-31,33-36,38,49-50,55H,20-22H2,1-6H3,(H,46,52)/t28-,30-,31+,33?,34+,35+,36-,38-,43+,44-,45+/m0/s1. The van der Waals surface area contributed by atoms with Crippen molar-refractivity contribution in [2.24, 2.45) is 16.7 Å². The van der Waals surface area contributed by atoms with Crippen molar-refractivity contribution in [2.75, 3.05) is 6.61 Å². The number of amides is 1. The second kappa shape index (κ2) is 16.2. The Balaban J connectivity index is 1.39. The van der Waals surface area contributed by atoms with Gasteiger partial charge in [0.25, 0.3) is 5.91 Å². The molecule has 0 radical (unpaired) electrons. The van der Waals surface area contributed by atoms with Crippen LogP contribution < -0.4 is 5.32 Å². The maximum atomic E-state index is 15.5. The molecule has 0 spiro atoms. The second-order valence-electron chi connectivity index (χ2n) is 17.0. The van der Waals surface area contributed by atoms with Crippen molar-refractivity contribution in [3.63, 3.8) is 0 Å². The predicted octanol–water partition coefficient (Wildman–Crippen LogP) is 3.80. The number of hydrogen-bond acceptors (Lipinski definition) is 15. The number of Topliss-reactive ketones (excluding diaryl/α,β-unsaturated/α-hetero) is 1. The number of carbonyl (C=O) groups is 6. The lowest BCUT2D eigenvalue weighted by Gasteiger charge is -2.67. The van der Waals surface area contributed by atoms with Gasteiger partial charge < -0.3 is 44.3 Å². The topological polar surface area (TPSA) is 221 Å². The zero-order chi connectivity index (χ0) is 44.2. The van der Waals surface area contributed by atoms with Crippen LogP contribution >= 0.6 is 11.3 Å². The van der Waals surface area contributed by atoms with Gasteiger partial charge in [-0.3, -0.25) is 19.2 Å².